The Morgan fingerprint density at radius 2 is 1.62 bits per heavy atom. The smallest absolute Gasteiger partial charge is 0.151 e. The Labute approximate surface area is 97.8 Å². The molecule has 0 saturated carbocycles. The predicted octanol–water partition coefficient (Wildman–Crippen LogP) is 1.73. The topological polar surface area (TPSA) is 46.2 Å². The van der Waals surface area contributed by atoms with Crippen molar-refractivity contribution in [3.8, 4) is 0 Å². The lowest BCUT2D eigenvalue weighted by Gasteiger charge is -2.08. The lowest BCUT2D eigenvalue weighted by atomic mass is 10.1. The van der Waals surface area contributed by atoms with E-state index in [4.69, 9.17) is 0 Å². The number of hydrogen-bond acceptors (Lipinski definition) is 3. The highest BCUT2D eigenvalue weighted by Crippen LogP contribution is 2.07. The van der Waals surface area contributed by atoms with Crippen molar-refractivity contribution in [3.05, 3.63) is 35.4 Å². The monoisotopic (exact) mass is 241 g/mol. The molecule has 0 aromatic heterocycles. The Balaban J connectivity index is 2.61. The van der Waals surface area contributed by atoms with E-state index >= 15 is 0 Å². The Kier molecular flexibility index (Phi) is 4.50. The fourth-order valence-electron chi connectivity index (χ4n) is 1.38. The number of sulfone groups is 1. The van der Waals surface area contributed by atoms with Crippen molar-refractivity contribution in [2.75, 3.05) is 6.26 Å². The number of nitrogens with one attached hydrogen (secondary N) is 1. The molecule has 1 N–H and O–H groups in total. The minimum Gasteiger partial charge on any atom is -0.310 e. The molecule has 0 aliphatic carbocycles. The molecule has 0 fully saturated rings. The predicted molar refractivity (Wildman–Crippen MR) is 67.0 cm³/mol. The molecule has 0 atom stereocenters. The van der Waals surface area contributed by atoms with Crippen LogP contribution in [0.1, 0.15) is 25.0 Å². The Morgan fingerprint density at radius 1 is 1.12 bits per heavy atom. The first kappa shape index (κ1) is 13.2. The van der Waals surface area contributed by atoms with Gasteiger partial charge < -0.3 is 5.32 Å². The molecule has 0 bridgehead atoms. The average Bonchev–Trinajstić information content (AvgIpc) is 2.14. The molecule has 0 heterocycles. The van der Waals surface area contributed by atoms with E-state index in [1.165, 1.54) is 11.8 Å². The van der Waals surface area contributed by atoms with E-state index in [2.05, 4.69) is 19.2 Å². The summed E-state index contributed by atoms with van der Waals surface area (Å²) in [6.45, 7) is 5.01. The fraction of sp³-hybridized carbons (Fsp3) is 0.500. The molecule has 1 rings (SSSR count). The van der Waals surface area contributed by atoms with Crippen LogP contribution >= 0.6 is 0 Å². The van der Waals surface area contributed by atoms with Crippen LogP contribution in [0.3, 0.4) is 0 Å². The van der Waals surface area contributed by atoms with Crippen molar-refractivity contribution >= 4 is 9.84 Å². The van der Waals surface area contributed by atoms with E-state index in [1.807, 2.05) is 24.3 Å². The van der Waals surface area contributed by atoms with Crippen LogP contribution in [0.5, 0.6) is 0 Å². The quantitative estimate of drug-likeness (QED) is 0.854. The summed E-state index contributed by atoms with van der Waals surface area (Å²) in [7, 11) is -2.93. The van der Waals surface area contributed by atoms with Gasteiger partial charge in [0.2, 0.25) is 0 Å². The number of rotatable bonds is 5. The number of hydrogen-bond donors (Lipinski definition) is 1. The van der Waals surface area contributed by atoms with Gasteiger partial charge >= 0.3 is 0 Å². The molecule has 1 aromatic carbocycles. The van der Waals surface area contributed by atoms with E-state index in [9.17, 15) is 8.42 Å². The molecular formula is C12H19NO2S. The lowest BCUT2D eigenvalue weighted by molar-refractivity contribution is 0.589. The molecule has 0 spiro atoms. The summed E-state index contributed by atoms with van der Waals surface area (Å²) >= 11 is 0. The zero-order valence-electron chi connectivity index (χ0n) is 10.0. The summed E-state index contributed by atoms with van der Waals surface area (Å²) in [6.07, 6.45) is 1.25. The first-order valence-electron chi connectivity index (χ1n) is 5.36. The minimum absolute atomic E-state index is 0.116. The van der Waals surface area contributed by atoms with Crippen molar-refractivity contribution < 1.29 is 8.42 Å². The summed E-state index contributed by atoms with van der Waals surface area (Å²) in [6, 6.07) is 8.14. The van der Waals surface area contributed by atoms with Gasteiger partial charge in [0, 0.05) is 18.8 Å². The van der Waals surface area contributed by atoms with E-state index < -0.39 is 9.84 Å². The SMILES string of the molecule is CC(C)NCc1ccc(CS(C)(=O)=O)cc1. The van der Waals surface area contributed by atoms with Crippen molar-refractivity contribution in [1.29, 1.82) is 0 Å². The van der Waals surface area contributed by atoms with Gasteiger partial charge in [-0.3, -0.25) is 0 Å². The van der Waals surface area contributed by atoms with Gasteiger partial charge in [-0.1, -0.05) is 38.1 Å². The van der Waals surface area contributed by atoms with E-state index in [1.54, 1.807) is 0 Å². The van der Waals surface area contributed by atoms with Gasteiger partial charge in [0.05, 0.1) is 5.75 Å². The summed E-state index contributed by atoms with van der Waals surface area (Å²) < 4.78 is 22.2. The minimum atomic E-state index is -2.93. The van der Waals surface area contributed by atoms with Crippen LogP contribution in [0.25, 0.3) is 0 Å². The van der Waals surface area contributed by atoms with Gasteiger partial charge in [0.25, 0.3) is 0 Å². The van der Waals surface area contributed by atoms with E-state index in [0.29, 0.717) is 6.04 Å². The normalized spacial score (nSPS) is 12.0. The van der Waals surface area contributed by atoms with Crippen LogP contribution in [-0.4, -0.2) is 20.7 Å². The summed E-state index contributed by atoms with van der Waals surface area (Å²) in [4.78, 5) is 0. The second-order valence-electron chi connectivity index (χ2n) is 4.42. The van der Waals surface area contributed by atoms with E-state index in [-0.39, 0.29) is 5.75 Å². The van der Waals surface area contributed by atoms with Gasteiger partial charge in [0.15, 0.2) is 9.84 Å². The largest absolute Gasteiger partial charge is 0.310 e. The molecule has 0 saturated heterocycles. The molecule has 0 aliphatic heterocycles. The first-order valence-corrected chi connectivity index (χ1v) is 7.42. The van der Waals surface area contributed by atoms with Crippen LogP contribution in [0, 0.1) is 0 Å². The zero-order valence-corrected chi connectivity index (χ0v) is 10.8. The molecule has 3 nitrogen and oxygen atoms in total. The fourth-order valence-corrected chi connectivity index (χ4v) is 2.18. The maximum absolute atomic E-state index is 11.1. The Bertz CT molecular complexity index is 421. The molecule has 16 heavy (non-hydrogen) atoms. The lowest BCUT2D eigenvalue weighted by Crippen LogP contribution is -2.21. The molecule has 90 valence electrons. The molecule has 4 heteroatoms. The summed E-state index contributed by atoms with van der Waals surface area (Å²) in [5, 5.41) is 3.31. The zero-order chi connectivity index (χ0) is 12.2. The Morgan fingerprint density at radius 3 is 2.06 bits per heavy atom. The van der Waals surface area contributed by atoms with Gasteiger partial charge in [0.1, 0.15) is 0 Å². The van der Waals surface area contributed by atoms with Crippen LogP contribution in [0.2, 0.25) is 0 Å². The average molecular weight is 241 g/mol. The summed E-state index contributed by atoms with van der Waals surface area (Å²) in [5.41, 5.74) is 2.02. The molecule has 0 aliphatic rings. The van der Waals surface area contributed by atoms with Crippen LogP contribution in [0.15, 0.2) is 24.3 Å². The van der Waals surface area contributed by atoms with Crippen molar-refractivity contribution in [1.82, 2.24) is 5.32 Å². The van der Waals surface area contributed by atoms with Crippen LogP contribution < -0.4 is 5.32 Å². The van der Waals surface area contributed by atoms with Crippen molar-refractivity contribution in [2.24, 2.45) is 0 Å². The van der Waals surface area contributed by atoms with Crippen molar-refractivity contribution in [3.63, 3.8) is 0 Å². The Hall–Kier alpha value is -0.870. The standard InChI is InChI=1S/C12H19NO2S/c1-10(2)13-8-11-4-6-12(7-5-11)9-16(3,14)15/h4-7,10,13H,8-9H2,1-3H3. The van der Waals surface area contributed by atoms with Gasteiger partial charge in [-0.25, -0.2) is 8.42 Å². The highest BCUT2D eigenvalue weighted by molar-refractivity contribution is 7.89. The highest BCUT2D eigenvalue weighted by atomic mass is 32.2. The highest BCUT2D eigenvalue weighted by Gasteiger charge is 2.04. The molecule has 0 unspecified atom stereocenters. The maximum Gasteiger partial charge on any atom is 0.151 e. The van der Waals surface area contributed by atoms with Crippen molar-refractivity contribution in [2.45, 2.75) is 32.2 Å². The molecule has 0 amide bonds. The first-order chi connectivity index (χ1) is 7.37. The van der Waals surface area contributed by atoms with Gasteiger partial charge in [-0.05, 0) is 11.1 Å². The van der Waals surface area contributed by atoms with Crippen LogP contribution in [-0.2, 0) is 22.1 Å². The second-order valence-corrected chi connectivity index (χ2v) is 6.56. The maximum atomic E-state index is 11.1. The molecular weight excluding hydrogens is 222 g/mol. The van der Waals surface area contributed by atoms with Crippen LogP contribution in [0.4, 0.5) is 0 Å². The van der Waals surface area contributed by atoms with Gasteiger partial charge in [-0.15, -0.1) is 0 Å². The third-order valence-electron chi connectivity index (χ3n) is 2.17. The summed E-state index contributed by atoms with van der Waals surface area (Å²) in [5.74, 6) is 0.116. The number of benzene rings is 1. The van der Waals surface area contributed by atoms with Gasteiger partial charge in [-0.2, -0.15) is 0 Å². The third kappa shape index (κ3) is 5.28. The molecule has 1 aromatic rings. The third-order valence-corrected chi connectivity index (χ3v) is 3.02. The second kappa shape index (κ2) is 5.46. The molecule has 0 radical (unpaired) electrons. The van der Waals surface area contributed by atoms with E-state index in [0.717, 1.165) is 12.1 Å².